The quantitative estimate of drug-likeness (QED) is 0.197. The average molecular weight is 552 g/mol. The first-order chi connectivity index (χ1) is 19.8. The van der Waals surface area contributed by atoms with Crippen LogP contribution in [0.25, 0.3) is 39.0 Å². The summed E-state index contributed by atoms with van der Waals surface area (Å²) in [4.78, 5) is 29.6. The Kier molecular flexibility index (Phi) is 8.03. The first-order valence-electron chi connectivity index (χ1n) is 13.8. The number of pyridine rings is 1. The van der Waals surface area contributed by atoms with E-state index in [0.717, 1.165) is 87.5 Å². The number of anilines is 2. The van der Waals surface area contributed by atoms with Crippen LogP contribution in [-0.4, -0.2) is 67.3 Å². The number of hydrogen-bond acceptors (Lipinski definition) is 6. The third-order valence-corrected chi connectivity index (χ3v) is 7.83. The van der Waals surface area contributed by atoms with E-state index in [1.165, 1.54) is 11.8 Å². The first kappa shape index (κ1) is 27.9. The van der Waals surface area contributed by atoms with Gasteiger partial charge in [-0.25, -0.2) is 4.98 Å². The topological polar surface area (TPSA) is 103 Å². The van der Waals surface area contributed by atoms with Crippen molar-refractivity contribution >= 4 is 40.1 Å². The van der Waals surface area contributed by atoms with Gasteiger partial charge < -0.3 is 25.8 Å². The van der Waals surface area contributed by atoms with Gasteiger partial charge in [0.05, 0.1) is 5.69 Å². The highest BCUT2D eigenvalue weighted by molar-refractivity contribution is 6.13. The number of nitrogens with one attached hydrogen (secondary N) is 2. The van der Waals surface area contributed by atoms with Crippen LogP contribution in [0.4, 0.5) is 11.4 Å². The predicted molar refractivity (Wildman–Crippen MR) is 176 cm³/mol. The summed E-state index contributed by atoms with van der Waals surface area (Å²) in [5.74, 6) is -0.249. The molecular formula is C33H41N7O. The minimum absolute atomic E-state index is 0. The van der Waals surface area contributed by atoms with Crippen molar-refractivity contribution in [3.63, 3.8) is 0 Å². The molecule has 1 fully saturated rings. The summed E-state index contributed by atoms with van der Waals surface area (Å²) in [5.41, 5.74) is 16.4. The standard InChI is InChI=1S/C33H37N7O.2H2/c1-6-29(41)37-28-17-24(8-7-21(28)2)31-30-22(3)27(25(18-34)19-35-4)20-36-33(30)38-32(31)23-9-11-26(12-10-23)40-15-13-39(5)14-16-40;;/h6-12,17-20H,1,13-16,34H2,2-5H3,(H,36,38)(H,37,41);2*1H/b25-18+,35-19?;;. The molecule has 0 radical (unpaired) electrons. The lowest BCUT2D eigenvalue weighted by atomic mass is 9.93. The number of H-pyrrole nitrogens is 1. The number of aromatic nitrogens is 2. The summed E-state index contributed by atoms with van der Waals surface area (Å²) in [6, 6.07) is 14.8. The van der Waals surface area contributed by atoms with E-state index in [2.05, 4.69) is 76.0 Å². The first-order valence-corrected chi connectivity index (χ1v) is 13.8. The van der Waals surface area contributed by atoms with Crippen LogP contribution in [0.5, 0.6) is 0 Å². The highest BCUT2D eigenvalue weighted by atomic mass is 16.1. The van der Waals surface area contributed by atoms with E-state index in [0.29, 0.717) is 0 Å². The number of hydrogen-bond donors (Lipinski definition) is 3. The Morgan fingerprint density at radius 1 is 1.12 bits per heavy atom. The molecule has 41 heavy (non-hydrogen) atoms. The van der Waals surface area contributed by atoms with Crippen molar-refractivity contribution in [2.75, 3.05) is 50.5 Å². The lowest BCUT2D eigenvalue weighted by Gasteiger charge is -2.34. The number of carbonyl (C=O) groups is 1. The lowest BCUT2D eigenvalue weighted by Crippen LogP contribution is -2.44. The van der Waals surface area contributed by atoms with E-state index < -0.39 is 0 Å². The fourth-order valence-corrected chi connectivity index (χ4v) is 5.45. The molecule has 1 saturated heterocycles. The molecule has 8 heteroatoms. The number of rotatable bonds is 7. The Balaban J connectivity index is 0.00000253. The van der Waals surface area contributed by atoms with Crippen molar-refractivity contribution in [1.29, 1.82) is 0 Å². The normalized spacial score (nSPS) is 14.6. The number of aromatic amines is 1. The molecule has 0 aliphatic carbocycles. The van der Waals surface area contributed by atoms with Crippen molar-refractivity contribution < 1.29 is 7.65 Å². The minimum atomic E-state index is -0.249. The van der Waals surface area contributed by atoms with Crippen LogP contribution in [-0.2, 0) is 4.79 Å². The largest absolute Gasteiger partial charge is 0.404 e. The van der Waals surface area contributed by atoms with Gasteiger partial charge in [-0.1, -0.05) is 30.8 Å². The highest BCUT2D eigenvalue weighted by Gasteiger charge is 2.22. The third kappa shape index (κ3) is 5.51. The molecular weight excluding hydrogens is 510 g/mol. The Labute approximate surface area is 244 Å². The second kappa shape index (κ2) is 11.8. The van der Waals surface area contributed by atoms with Crippen molar-refractivity contribution in [2.24, 2.45) is 10.7 Å². The molecule has 3 heterocycles. The van der Waals surface area contributed by atoms with Crippen molar-refractivity contribution in [2.45, 2.75) is 13.8 Å². The van der Waals surface area contributed by atoms with E-state index >= 15 is 0 Å². The second-order valence-electron chi connectivity index (χ2n) is 10.5. The van der Waals surface area contributed by atoms with Crippen LogP contribution < -0.4 is 16.0 Å². The highest BCUT2D eigenvalue weighted by Crippen LogP contribution is 2.42. The summed E-state index contributed by atoms with van der Waals surface area (Å²) in [5, 5.41) is 3.95. The molecule has 1 amide bonds. The molecule has 8 nitrogen and oxygen atoms in total. The summed E-state index contributed by atoms with van der Waals surface area (Å²) < 4.78 is 0. The molecule has 214 valence electrons. The van der Waals surface area contributed by atoms with Gasteiger partial charge in [0.1, 0.15) is 5.65 Å². The number of fused-ring (bicyclic) bond motifs is 1. The number of amides is 1. The SMILES string of the molecule is C=CC(=O)Nc1cc(-c2c(-c3ccc(N4CCN(C)CC4)cc3)[nH]c3ncc(/C(C=NC)=C/N)c(C)c23)ccc1C.[HH].[HH]. The van der Waals surface area contributed by atoms with E-state index in [9.17, 15) is 4.79 Å². The Hall–Kier alpha value is -4.69. The second-order valence-corrected chi connectivity index (χ2v) is 10.5. The summed E-state index contributed by atoms with van der Waals surface area (Å²) in [6.45, 7) is 11.8. The molecule has 0 unspecified atom stereocenters. The number of aliphatic imine (C=N–C) groups is 1. The zero-order valence-corrected chi connectivity index (χ0v) is 24.2. The fourth-order valence-electron chi connectivity index (χ4n) is 5.45. The predicted octanol–water partition coefficient (Wildman–Crippen LogP) is 5.88. The van der Waals surface area contributed by atoms with Crippen molar-refractivity contribution in [3.05, 3.63) is 84.2 Å². The number of carbonyl (C=O) groups excluding carboxylic acids is 1. The van der Waals surface area contributed by atoms with E-state index in [1.807, 2.05) is 25.3 Å². The average Bonchev–Trinajstić information content (AvgIpc) is 3.38. The Morgan fingerprint density at radius 3 is 2.49 bits per heavy atom. The van der Waals surface area contributed by atoms with Crippen LogP contribution in [0.15, 0.2) is 72.5 Å². The monoisotopic (exact) mass is 551 g/mol. The number of allylic oxidation sites excluding steroid dienone is 1. The van der Waals surface area contributed by atoms with Gasteiger partial charge in [0, 0.05) is 88.2 Å². The van der Waals surface area contributed by atoms with Crippen molar-refractivity contribution in [1.82, 2.24) is 14.9 Å². The van der Waals surface area contributed by atoms with E-state index in [1.54, 1.807) is 19.5 Å². The van der Waals surface area contributed by atoms with Crippen LogP contribution >= 0.6 is 0 Å². The zero-order chi connectivity index (χ0) is 29.1. The number of nitrogens with zero attached hydrogens (tertiary/aromatic N) is 4. The van der Waals surface area contributed by atoms with Crippen LogP contribution in [0, 0.1) is 13.8 Å². The molecule has 4 aromatic rings. The summed E-state index contributed by atoms with van der Waals surface area (Å²) >= 11 is 0. The Morgan fingerprint density at radius 2 is 1.83 bits per heavy atom. The molecule has 2 aromatic heterocycles. The molecule has 1 aliphatic heterocycles. The molecule has 1 aliphatic rings. The van der Waals surface area contributed by atoms with Gasteiger partial charge in [0.2, 0.25) is 5.91 Å². The molecule has 0 saturated carbocycles. The molecule has 4 N–H and O–H groups in total. The van der Waals surface area contributed by atoms with E-state index in [4.69, 9.17) is 10.7 Å². The van der Waals surface area contributed by atoms with Gasteiger partial charge in [-0.3, -0.25) is 9.79 Å². The van der Waals surface area contributed by atoms with Gasteiger partial charge in [0.15, 0.2) is 0 Å². The maximum atomic E-state index is 12.2. The minimum Gasteiger partial charge on any atom is -0.404 e. The van der Waals surface area contributed by atoms with Crippen molar-refractivity contribution in [3.8, 4) is 22.4 Å². The Bertz CT molecular complexity index is 1670. The van der Waals surface area contributed by atoms with Gasteiger partial charge >= 0.3 is 0 Å². The zero-order valence-electron chi connectivity index (χ0n) is 24.2. The maximum Gasteiger partial charge on any atom is 0.247 e. The molecule has 0 bridgehead atoms. The van der Waals surface area contributed by atoms with E-state index in [-0.39, 0.29) is 8.76 Å². The summed E-state index contributed by atoms with van der Waals surface area (Å²) in [6.07, 6.45) is 6.42. The van der Waals surface area contributed by atoms with Gasteiger partial charge in [-0.2, -0.15) is 0 Å². The fraction of sp³-hybridized carbons (Fsp3) is 0.242. The van der Waals surface area contributed by atoms with Gasteiger partial charge in [0.25, 0.3) is 0 Å². The lowest BCUT2D eigenvalue weighted by molar-refractivity contribution is -0.111. The third-order valence-electron chi connectivity index (χ3n) is 7.83. The smallest absolute Gasteiger partial charge is 0.247 e. The van der Waals surface area contributed by atoms with Crippen LogP contribution in [0.1, 0.15) is 19.5 Å². The number of benzene rings is 2. The molecule has 5 rings (SSSR count). The van der Waals surface area contributed by atoms with Crippen LogP contribution in [0.2, 0.25) is 0 Å². The molecule has 0 spiro atoms. The summed E-state index contributed by atoms with van der Waals surface area (Å²) in [7, 11) is 3.89. The molecule has 2 aromatic carbocycles. The number of nitrogens with two attached hydrogens (primary N) is 1. The van der Waals surface area contributed by atoms with Gasteiger partial charge in [-0.05, 0) is 67.4 Å². The number of aryl methyl sites for hydroxylation is 2. The maximum absolute atomic E-state index is 12.2. The number of piperazine rings is 1. The van der Waals surface area contributed by atoms with Gasteiger partial charge in [-0.15, -0.1) is 0 Å². The van der Waals surface area contributed by atoms with Crippen LogP contribution in [0.3, 0.4) is 0 Å². The number of likely N-dealkylation sites (N-methyl/N-ethyl adjacent to an activating group) is 1. The molecule has 0 atom stereocenters.